The van der Waals surface area contributed by atoms with Crippen molar-refractivity contribution in [3.8, 4) is 0 Å². The van der Waals surface area contributed by atoms with Crippen LogP contribution in [0.15, 0.2) is 21.1 Å². The van der Waals surface area contributed by atoms with E-state index < -0.39 is 0 Å². The van der Waals surface area contributed by atoms with E-state index >= 15 is 0 Å². The molecule has 0 unspecified atom stereocenters. The molecule has 1 heterocycles. The Labute approximate surface area is 186 Å². The second-order valence-electron chi connectivity index (χ2n) is 9.21. The lowest BCUT2D eigenvalue weighted by Gasteiger charge is -2.35. The van der Waals surface area contributed by atoms with Crippen molar-refractivity contribution < 1.29 is 9.59 Å². The molecule has 0 spiro atoms. The summed E-state index contributed by atoms with van der Waals surface area (Å²) in [6.45, 7) is 10.4. The predicted molar refractivity (Wildman–Crippen MR) is 114 cm³/mol. The molecule has 0 N–H and O–H groups in total. The first-order valence-corrected chi connectivity index (χ1v) is 11.0. The molecule has 28 heavy (non-hydrogen) atoms. The number of piperazine rings is 1. The van der Waals surface area contributed by atoms with Crippen molar-refractivity contribution in [2.24, 2.45) is 34.5 Å². The Morgan fingerprint density at radius 2 is 1.00 bits per heavy atom. The third-order valence-electron chi connectivity index (χ3n) is 6.87. The number of hydrogen-bond donors (Lipinski definition) is 0. The summed E-state index contributed by atoms with van der Waals surface area (Å²) < 4.78 is 0.410. The van der Waals surface area contributed by atoms with Gasteiger partial charge in [-0.3, -0.25) is 9.59 Å². The molecule has 0 aromatic carbocycles. The number of carbonyl (C=O) groups is 2. The summed E-state index contributed by atoms with van der Waals surface area (Å²) in [5.41, 5.74) is -0.283. The number of allylic oxidation sites excluding steroid dienone is 2. The van der Waals surface area contributed by atoms with Crippen LogP contribution in [-0.4, -0.2) is 47.8 Å². The van der Waals surface area contributed by atoms with Crippen LogP contribution in [0.1, 0.15) is 27.7 Å². The van der Waals surface area contributed by atoms with Crippen molar-refractivity contribution in [2.75, 3.05) is 26.2 Å². The van der Waals surface area contributed by atoms with Crippen molar-refractivity contribution in [2.45, 2.75) is 27.7 Å². The third-order valence-corrected chi connectivity index (χ3v) is 7.37. The molecule has 8 heteroatoms. The lowest BCUT2D eigenvalue weighted by molar-refractivity contribution is -0.142. The first-order chi connectivity index (χ1) is 12.9. The molecule has 3 rings (SSSR count). The predicted octanol–water partition coefficient (Wildman–Crippen LogP) is 4.84. The maximum atomic E-state index is 12.9. The molecule has 0 aromatic rings. The van der Waals surface area contributed by atoms with E-state index in [2.05, 4.69) is 27.7 Å². The number of halogens is 4. The second-order valence-corrected chi connectivity index (χ2v) is 11.2. The van der Waals surface area contributed by atoms with E-state index in [0.717, 1.165) is 0 Å². The Morgan fingerprint density at radius 1 is 0.714 bits per heavy atom. The van der Waals surface area contributed by atoms with Gasteiger partial charge in [-0.25, -0.2) is 0 Å². The number of amides is 2. The van der Waals surface area contributed by atoms with Gasteiger partial charge in [0.2, 0.25) is 11.8 Å². The van der Waals surface area contributed by atoms with Gasteiger partial charge in [0, 0.05) is 26.2 Å². The van der Waals surface area contributed by atoms with Crippen molar-refractivity contribution in [1.29, 1.82) is 0 Å². The molecule has 0 aromatic heterocycles. The van der Waals surface area contributed by atoms with Crippen LogP contribution in [-0.2, 0) is 9.59 Å². The first kappa shape index (κ1) is 22.3. The maximum absolute atomic E-state index is 12.9. The molecule has 0 bridgehead atoms. The molecule has 2 amide bonds. The quantitative estimate of drug-likeness (QED) is 0.593. The number of nitrogens with zero attached hydrogens (tertiary/aromatic N) is 2. The molecule has 2 aliphatic carbocycles. The average Bonchev–Trinajstić information content (AvgIpc) is 3.33. The highest BCUT2D eigenvalue weighted by molar-refractivity contribution is 6.56. The molecule has 156 valence electrons. The van der Waals surface area contributed by atoms with Gasteiger partial charge in [0.15, 0.2) is 0 Å². The van der Waals surface area contributed by atoms with E-state index in [1.807, 2.05) is 9.80 Å². The van der Waals surface area contributed by atoms with Crippen molar-refractivity contribution in [3.63, 3.8) is 0 Å². The summed E-state index contributed by atoms with van der Waals surface area (Å²) in [5.74, 6) is 0.147. The van der Waals surface area contributed by atoms with Crippen LogP contribution < -0.4 is 0 Å². The Hall–Kier alpha value is -0.420. The highest BCUT2D eigenvalue weighted by Gasteiger charge is 2.63. The van der Waals surface area contributed by atoms with Gasteiger partial charge in [-0.15, -0.1) is 0 Å². The fourth-order valence-corrected chi connectivity index (χ4v) is 5.28. The van der Waals surface area contributed by atoms with E-state index in [1.165, 1.54) is 0 Å². The SMILES string of the molecule is CC1(C)[C@H](C=C(Cl)Cl)[C@H]1C(=O)N1CCN(C(=O)[C@@H]2[C@@H](C=C(Cl)Cl)C2(C)C)CC1. The van der Waals surface area contributed by atoms with Crippen LogP contribution >= 0.6 is 46.4 Å². The number of rotatable bonds is 4. The van der Waals surface area contributed by atoms with Crippen LogP contribution in [0, 0.1) is 34.5 Å². The van der Waals surface area contributed by atoms with Crippen LogP contribution in [0.25, 0.3) is 0 Å². The lowest BCUT2D eigenvalue weighted by atomic mass is 10.1. The molecular weight excluding hydrogens is 442 g/mol. The van der Waals surface area contributed by atoms with E-state index in [9.17, 15) is 9.59 Å². The van der Waals surface area contributed by atoms with Crippen LogP contribution in [0.3, 0.4) is 0 Å². The number of hydrogen-bond acceptors (Lipinski definition) is 2. The van der Waals surface area contributed by atoms with Crippen LogP contribution in [0.5, 0.6) is 0 Å². The molecule has 2 saturated carbocycles. The summed E-state index contributed by atoms with van der Waals surface area (Å²) in [4.78, 5) is 29.6. The highest BCUT2D eigenvalue weighted by atomic mass is 35.5. The van der Waals surface area contributed by atoms with E-state index in [-0.39, 0.29) is 55.3 Å². The normalized spacial score (nSPS) is 32.4. The summed E-state index contributed by atoms with van der Waals surface area (Å²) in [5, 5.41) is 0. The fraction of sp³-hybridized carbons (Fsp3) is 0.700. The maximum Gasteiger partial charge on any atom is 0.226 e. The van der Waals surface area contributed by atoms with Gasteiger partial charge < -0.3 is 9.80 Å². The summed E-state index contributed by atoms with van der Waals surface area (Å²) >= 11 is 23.2. The van der Waals surface area contributed by atoms with Crippen molar-refractivity contribution in [3.05, 3.63) is 21.1 Å². The zero-order chi connectivity index (χ0) is 21.0. The smallest absolute Gasteiger partial charge is 0.226 e. The molecule has 1 saturated heterocycles. The molecular formula is C20H26Cl4N2O2. The Balaban J connectivity index is 1.57. The average molecular weight is 468 g/mol. The highest BCUT2D eigenvalue weighted by Crippen LogP contribution is 2.61. The Kier molecular flexibility index (Phi) is 6.11. The van der Waals surface area contributed by atoms with Crippen molar-refractivity contribution in [1.82, 2.24) is 9.80 Å². The zero-order valence-corrected chi connectivity index (χ0v) is 19.5. The van der Waals surface area contributed by atoms with Gasteiger partial charge in [-0.05, 0) is 34.8 Å². The van der Waals surface area contributed by atoms with Crippen LogP contribution in [0.4, 0.5) is 0 Å². The largest absolute Gasteiger partial charge is 0.339 e. The van der Waals surface area contributed by atoms with Gasteiger partial charge in [0.25, 0.3) is 0 Å². The van der Waals surface area contributed by atoms with E-state index in [1.54, 1.807) is 12.2 Å². The minimum Gasteiger partial charge on any atom is -0.339 e. The van der Waals surface area contributed by atoms with E-state index in [0.29, 0.717) is 26.2 Å². The third kappa shape index (κ3) is 4.08. The van der Waals surface area contributed by atoms with Gasteiger partial charge in [0.1, 0.15) is 8.98 Å². The summed E-state index contributed by atoms with van der Waals surface area (Å²) in [6.07, 6.45) is 3.52. The molecule has 0 radical (unpaired) electrons. The fourth-order valence-electron chi connectivity index (χ4n) is 4.73. The van der Waals surface area contributed by atoms with Gasteiger partial charge in [-0.1, -0.05) is 74.1 Å². The Morgan fingerprint density at radius 3 is 1.25 bits per heavy atom. The van der Waals surface area contributed by atoms with Gasteiger partial charge >= 0.3 is 0 Å². The zero-order valence-electron chi connectivity index (χ0n) is 16.5. The molecule has 3 fully saturated rings. The molecule has 4 atom stereocenters. The van der Waals surface area contributed by atoms with E-state index in [4.69, 9.17) is 46.4 Å². The number of carbonyl (C=O) groups excluding carboxylic acids is 2. The van der Waals surface area contributed by atoms with Gasteiger partial charge in [0.05, 0.1) is 11.8 Å². The monoisotopic (exact) mass is 466 g/mol. The standard InChI is InChI=1S/C20H26Cl4N2O2/c1-19(2)11(9-13(21)22)15(19)17(27)25-5-7-26(8-6-25)18(28)16-12(10-14(23)24)20(16,3)4/h9-12,15-16H,5-8H2,1-4H3/t11-,12-,15+,16+/m1/s1. The van der Waals surface area contributed by atoms with Gasteiger partial charge in [-0.2, -0.15) is 0 Å². The second kappa shape index (κ2) is 7.68. The first-order valence-electron chi connectivity index (χ1n) is 9.52. The van der Waals surface area contributed by atoms with Crippen molar-refractivity contribution >= 4 is 58.2 Å². The molecule has 3 aliphatic rings. The molecule has 4 nitrogen and oxygen atoms in total. The van der Waals surface area contributed by atoms with Crippen LogP contribution in [0.2, 0.25) is 0 Å². The topological polar surface area (TPSA) is 40.6 Å². The summed E-state index contributed by atoms with van der Waals surface area (Å²) in [7, 11) is 0. The lowest BCUT2D eigenvalue weighted by Crippen LogP contribution is -2.52. The minimum atomic E-state index is -0.141. The Bertz CT molecular complexity index is 668. The molecule has 1 aliphatic heterocycles. The summed E-state index contributed by atoms with van der Waals surface area (Å²) in [6, 6.07) is 0. The minimum absolute atomic E-state index is 0.0600.